The Morgan fingerprint density at radius 1 is 1.17 bits per heavy atom. The molecule has 30 heavy (non-hydrogen) atoms. The van der Waals surface area contributed by atoms with Crippen LogP contribution in [0.1, 0.15) is 22.7 Å². The number of hydrogen-bond acceptors (Lipinski definition) is 4. The summed E-state index contributed by atoms with van der Waals surface area (Å²) in [7, 11) is 0. The first-order valence-corrected chi connectivity index (χ1v) is 9.70. The fourth-order valence-corrected chi connectivity index (χ4v) is 3.69. The molecule has 156 valence electrons. The Morgan fingerprint density at radius 3 is 2.77 bits per heavy atom. The number of fused-ring (bicyclic) bond motifs is 1. The highest BCUT2D eigenvalue weighted by molar-refractivity contribution is 5.69. The van der Waals surface area contributed by atoms with Gasteiger partial charge < -0.3 is 15.4 Å². The van der Waals surface area contributed by atoms with Crippen molar-refractivity contribution in [3.05, 3.63) is 77.6 Å². The average Bonchev–Trinajstić information content (AvgIpc) is 3.13. The van der Waals surface area contributed by atoms with Crippen LogP contribution in [-0.4, -0.2) is 24.3 Å². The highest BCUT2D eigenvalue weighted by Crippen LogP contribution is 2.33. The monoisotopic (exact) mass is 413 g/mol. The van der Waals surface area contributed by atoms with Gasteiger partial charge in [0.25, 0.3) is 0 Å². The zero-order valence-electron chi connectivity index (χ0n) is 16.5. The quantitative estimate of drug-likeness (QED) is 0.579. The summed E-state index contributed by atoms with van der Waals surface area (Å²) in [6.45, 7) is 2.11. The van der Waals surface area contributed by atoms with Crippen molar-refractivity contribution in [1.82, 2.24) is 10.3 Å². The number of benzene rings is 2. The molecule has 1 aliphatic heterocycles. The van der Waals surface area contributed by atoms with Crippen molar-refractivity contribution in [2.24, 2.45) is 0 Å². The van der Waals surface area contributed by atoms with Crippen LogP contribution in [0.5, 0.6) is 5.75 Å². The highest BCUT2D eigenvalue weighted by atomic mass is 19.4. The summed E-state index contributed by atoms with van der Waals surface area (Å²) in [5, 5.41) is 6.91. The molecule has 0 saturated heterocycles. The van der Waals surface area contributed by atoms with Crippen LogP contribution in [0, 0.1) is 6.92 Å². The van der Waals surface area contributed by atoms with E-state index in [2.05, 4.69) is 33.8 Å². The van der Waals surface area contributed by atoms with E-state index >= 15 is 0 Å². The fourth-order valence-electron chi connectivity index (χ4n) is 3.69. The Morgan fingerprint density at radius 2 is 2.03 bits per heavy atom. The molecule has 7 heteroatoms. The smallest absolute Gasteiger partial charge is 0.422 e. The van der Waals surface area contributed by atoms with Crippen molar-refractivity contribution >= 4 is 5.69 Å². The molecule has 0 saturated carbocycles. The van der Waals surface area contributed by atoms with Crippen LogP contribution in [-0.2, 0) is 6.54 Å². The third kappa shape index (κ3) is 4.74. The maximum Gasteiger partial charge on any atom is 0.422 e. The Bertz CT molecular complexity index is 1020. The number of pyridine rings is 1. The first-order chi connectivity index (χ1) is 14.4. The molecule has 0 aliphatic carbocycles. The normalized spacial score (nSPS) is 15.7. The number of aromatic nitrogens is 1. The van der Waals surface area contributed by atoms with Gasteiger partial charge >= 0.3 is 6.18 Å². The number of nitrogens with zero attached hydrogens (tertiary/aromatic N) is 1. The fraction of sp³-hybridized carbons (Fsp3) is 0.261. The van der Waals surface area contributed by atoms with Gasteiger partial charge in [-0.15, -0.1) is 0 Å². The van der Waals surface area contributed by atoms with Crippen molar-refractivity contribution < 1.29 is 17.9 Å². The number of anilines is 1. The molecular formula is C23H22F3N3O. The molecular weight excluding hydrogens is 391 g/mol. The molecule has 0 spiro atoms. The lowest BCUT2D eigenvalue weighted by molar-refractivity contribution is -0.153. The number of alkyl halides is 3. The van der Waals surface area contributed by atoms with Gasteiger partial charge in [-0.1, -0.05) is 18.2 Å². The van der Waals surface area contributed by atoms with Crippen molar-refractivity contribution in [3.8, 4) is 16.9 Å². The maximum atomic E-state index is 12.4. The minimum absolute atomic E-state index is 0.202. The van der Waals surface area contributed by atoms with Gasteiger partial charge in [-0.2, -0.15) is 13.2 Å². The lowest BCUT2D eigenvalue weighted by atomic mass is 9.95. The molecule has 1 atom stereocenters. The minimum atomic E-state index is -4.35. The predicted octanol–water partition coefficient (Wildman–Crippen LogP) is 5.25. The van der Waals surface area contributed by atoms with E-state index < -0.39 is 12.8 Å². The number of rotatable bonds is 6. The molecule has 0 radical (unpaired) electrons. The molecule has 1 aliphatic rings. The number of halogens is 3. The molecule has 4 rings (SSSR count). The molecule has 3 aromatic rings. The summed E-state index contributed by atoms with van der Waals surface area (Å²) >= 11 is 0. The van der Waals surface area contributed by atoms with Gasteiger partial charge in [0.05, 0.1) is 11.7 Å². The summed E-state index contributed by atoms with van der Waals surface area (Å²) in [6.07, 6.45) is -0.807. The van der Waals surface area contributed by atoms with E-state index in [1.807, 2.05) is 25.1 Å². The third-order valence-electron chi connectivity index (χ3n) is 5.14. The Hall–Kier alpha value is -3.06. The third-order valence-corrected chi connectivity index (χ3v) is 5.14. The van der Waals surface area contributed by atoms with E-state index in [0.29, 0.717) is 0 Å². The molecule has 0 amide bonds. The van der Waals surface area contributed by atoms with Crippen molar-refractivity contribution in [2.45, 2.75) is 25.7 Å². The van der Waals surface area contributed by atoms with E-state index in [9.17, 15) is 13.2 Å². The van der Waals surface area contributed by atoms with Gasteiger partial charge in [0, 0.05) is 25.5 Å². The lowest BCUT2D eigenvalue weighted by Crippen LogP contribution is -2.21. The zero-order chi connectivity index (χ0) is 21.1. The summed E-state index contributed by atoms with van der Waals surface area (Å²) < 4.78 is 41.9. The molecule has 2 N–H and O–H groups in total. The van der Waals surface area contributed by atoms with Crippen LogP contribution in [0.3, 0.4) is 0 Å². The SMILES string of the molecule is Cc1cc(OCC(F)(F)F)ccc1-c1ccc2c(c1)CN[C@H]2CNc1cccnc1. The molecule has 1 aromatic heterocycles. The highest BCUT2D eigenvalue weighted by Gasteiger charge is 2.28. The summed E-state index contributed by atoms with van der Waals surface area (Å²) in [5.41, 5.74) is 6.34. The van der Waals surface area contributed by atoms with E-state index in [1.165, 1.54) is 11.1 Å². The molecule has 2 heterocycles. The molecule has 4 nitrogen and oxygen atoms in total. The standard InChI is InChI=1S/C23H22F3N3O/c1-15-9-19(30-14-23(24,25)26)5-7-20(15)16-4-6-21-17(10-16)11-29-22(21)13-28-18-3-2-8-27-12-18/h2-10,12,22,28-29H,11,13-14H2,1H3/t22-/m0/s1. The topological polar surface area (TPSA) is 46.2 Å². The van der Waals surface area contributed by atoms with Crippen LogP contribution in [0.4, 0.5) is 18.9 Å². The average molecular weight is 413 g/mol. The summed E-state index contributed by atoms with van der Waals surface area (Å²) in [6, 6.07) is 15.4. The van der Waals surface area contributed by atoms with E-state index in [0.717, 1.165) is 35.5 Å². The second-order valence-corrected chi connectivity index (χ2v) is 7.35. The lowest BCUT2D eigenvalue weighted by Gasteiger charge is -2.15. The van der Waals surface area contributed by atoms with Gasteiger partial charge in [-0.3, -0.25) is 4.98 Å². The number of nitrogens with one attached hydrogen (secondary N) is 2. The van der Waals surface area contributed by atoms with E-state index in [-0.39, 0.29) is 11.8 Å². The van der Waals surface area contributed by atoms with Crippen molar-refractivity contribution in [3.63, 3.8) is 0 Å². The van der Waals surface area contributed by atoms with Gasteiger partial charge in [-0.05, 0) is 65.1 Å². The predicted molar refractivity (Wildman–Crippen MR) is 110 cm³/mol. The van der Waals surface area contributed by atoms with Gasteiger partial charge in [0.1, 0.15) is 5.75 Å². The Kier molecular flexibility index (Phi) is 5.63. The van der Waals surface area contributed by atoms with Crippen molar-refractivity contribution in [2.75, 3.05) is 18.5 Å². The Balaban J connectivity index is 1.47. The summed E-state index contributed by atoms with van der Waals surface area (Å²) in [5.74, 6) is 0.220. The number of hydrogen-bond donors (Lipinski definition) is 2. The van der Waals surface area contributed by atoms with Gasteiger partial charge in [0.15, 0.2) is 6.61 Å². The minimum Gasteiger partial charge on any atom is -0.484 e. The van der Waals surface area contributed by atoms with Crippen LogP contribution < -0.4 is 15.4 Å². The van der Waals surface area contributed by atoms with Gasteiger partial charge in [0.2, 0.25) is 0 Å². The van der Waals surface area contributed by atoms with E-state index in [1.54, 1.807) is 24.5 Å². The largest absolute Gasteiger partial charge is 0.484 e. The van der Waals surface area contributed by atoms with Crippen LogP contribution in [0.15, 0.2) is 60.9 Å². The van der Waals surface area contributed by atoms with Crippen molar-refractivity contribution in [1.29, 1.82) is 0 Å². The summed E-state index contributed by atoms with van der Waals surface area (Å²) in [4.78, 5) is 4.11. The first kappa shape index (κ1) is 20.2. The first-order valence-electron chi connectivity index (χ1n) is 9.70. The molecule has 0 unspecified atom stereocenters. The maximum absolute atomic E-state index is 12.4. The Labute approximate surface area is 173 Å². The number of ether oxygens (including phenoxy) is 1. The number of aryl methyl sites for hydroxylation is 1. The second-order valence-electron chi connectivity index (χ2n) is 7.35. The molecule has 0 fully saturated rings. The van der Waals surface area contributed by atoms with Gasteiger partial charge in [-0.25, -0.2) is 0 Å². The van der Waals surface area contributed by atoms with Crippen LogP contribution >= 0.6 is 0 Å². The van der Waals surface area contributed by atoms with Crippen LogP contribution in [0.2, 0.25) is 0 Å². The zero-order valence-corrected chi connectivity index (χ0v) is 16.5. The van der Waals surface area contributed by atoms with Crippen LogP contribution in [0.25, 0.3) is 11.1 Å². The molecule has 0 bridgehead atoms. The second kappa shape index (κ2) is 8.36. The van der Waals surface area contributed by atoms with E-state index in [4.69, 9.17) is 4.74 Å². The molecule has 2 aromatic carbocycles.